The Morgan fingerprint density at radius 3 is 2.33 bits per heavy atom. The van der Waals surface area contributed by atoms with Gasteiger partial charge in [-0.3, -0.25) is 9.59 Å². The Hall–Kier alpha value is -3.08. The molecule has 0 aliphatic carbocycles. The Balaban J connectivity index is 1.89. The van der Waals surface area contributed by atoms with Crippen molar-refractivity contribution < 1.29 is 19.4 Å². The van der Waals surface area contributed by atoms with Gasteiger partial charge in [0.1, 0.15) is 5.75 Å². The first kappa shape index (κ1) is 17.3. The van der Waals surface area contributed by atoms with Gasteiger partial charge in [0.15, 0.2) is 0 Å². The number of carbonyl (C=O) groups is 2. The molecule has 5 heteroatoms. The Labute approximate surface area is 140 Å². The molecule has 0 radical (unpaired) electrons. The van der Waals surface area contributed by atoms with E-state index in [0.29, 0.717) is 12.1 Å². The van der Waals surface area contributed by atoms with Gasteiger partial charge in [0.2, 0.25) is 5.91 Å². The minimum absolute atomic E-state index is 0.0936. The maximum absolute atomic E-state index is 11.9. The Morgan fingerprint density at radius 1 is 1.08 bits per heavy atom. The van der Waals surface area contributed by atoms with Gasteiger partial charge < -0.3 is 15.2 Å². The highest BCUT2D eigenvalue weighted by atomic mass is 16.5. The van der Waals surface area contributed by atoms with Crippen molar-refractivity contribution >= 4 is 23.6 Å². The van der Waals surface area contributed by atoms with Crippen molar-refractivity contribution in [3.8, 4) is 5.75 Å². The molecule has 0 saturated carbocycles. The van der Waals surface area contributed by atoms with Crippen LogP contribution in [-0.2, 0) is 16.0 Å². The van der Waals surface area contributed by atoms with E-state index >= 15 is 0 Å². The van der Waals surface area contributed by atoms with Crippen LogP contribution < -0.4 is 10.1 Å². The molecule has 2 rings (SSSR count). The molecule has 2 N–H and O–H groups in total. The minimum Gasteiger partial charge on any atom is -0.497 e. The lowest BCUT2D eigenvalue weighted by Crippen LogP contribution is -2.07. The second kappa shape index (κ2) is 8.53. The van der Waals surface area contributed by atoms with E-state index in [1.807, 2.05) is 36.4 Å². The van der Waals surface area contributed by atoms with Crippen molar-refractivity contribution in [3.05, 3.63) is 65.7 Å². The smallest absolute Gasteiger partial charge is 0.303 e. The van der Waals surface area contributed by atoms with Gasteiger partial charge in [0.25, 0.3) is 0 Å². The van der Waals surface area contributed by atoms with Gasteiger partial charge in [-0.15, -0.1) is 0 Å². The van der Waals surface area contributed by atoms with E-state index in [1.54, 1.807) is 25.3 Å². The van der Waals surface area contributed by atoms with Crippen LogP contribution >= 0.6 is 0 Å². The van der Waals surface area contributed by atoms with E-state index in [1.165, 1.54) is 6.08 Å². The molecular weight excluding hydrogens is 306 g/mol. The number of carboxylic acid groups (broad SMARTS) is 1. The first-order chi connectivity index (χ1) is 11.6. The molecule has 0 aliphatic rings. The van der Waals surface area contributed by atoms with Gasteiger partial charge in [-0.25, -0.2) is 0 Å². The number of benzene rings is 2. The summed E-state index contributed by atoms with van der Waals surface area (Å²) in [6.45, 7) is 0. The molecule has 2 aromatic rings. The summed E-state index contributed by atoms with van der Waals surface area (Å²) >= 11 is 0. The summed E-state index contributed by atoms with van der Waals surface area (Å²) in [7, 11) is 1.60. The number of methoxy groups -OCH3 is 1. The third-order valence-corrected chi connectivity index (χ3v) is 3.39. The number of aliphatic carboxylic acids is 1. The zero-order valence-corrected chi connectivity index (χ0v) is 13.4. The third-order valence-electron chi connectivity index (χ3n) is 3.39. The molecule has 0 spiro atoms. The van der Waals surface area contributed by atoms with Crippen molar-refractivity contribution in [2.45, 2.75) is 12.8 Å². The molecule has 0 atom stereocenters. The van der Waals surface area contributed by atoms with Crippen molar-refractivity contribution in [2.75, 3.05) is 12.4 Å². The summed E-state index contributed by atoms with van der Waals surface area (Å²) in [5, 5.41) is 11.4. The van der Waals surface area contributed by atoms with Gasteiger partial charge in [-0.05, 0) is 47.9 Å². The maximum atomic E-state index is 11.9. The van der Waals surface area contributed by atoms with E-state index in [4.69, 9.17) is 9.84 Å². The third kappa shape index (κ3) is 5.61. The predicted octanol–water partition coefficient (Wildman–Crippen LogP) is 3.36. The van der Waals surface area contributed by atoms with Crippen LogP contribution in [0.1, 0.15) is 17.5 Å². The minimum atomic E-state index is -0.823. The molecule has 0 bridgehead atoms. The Bertz CT molecular complexity index is 718. The Morgan fingerprint density at radius 2 is 1.75 bits per heavy atom. The highest BCUT2D eigenvalue weighted by Gasteiger charge is 2.01. The summed E-state index contributed by atoms with van der Waals surface area (Å²) in [6.07, 6.45) is 3.74. The van der Waals surface area contributed by atoms with Crippen molar-refractivity contribution in [2.24, 2.45) is 0 Å². The summed E-state index contributed by atoms with van der Waals surface area (Å²) < 4.78 is 5.08. The maximum Gasteiger partial charge on any atom is 0.303 e. The zero-order valence-electron chi connectivity index (χ0n) is 13.4. The Kier molecular flexibility index (Phi) is 6.14. The summed E-state index contributed by atoms with van der Waals surface area (Å²) in [6, 6.07) is 14.5. The number of ether oxygens (including phenoxy) is 1. The molecule has 124 valence electrons. The van der Waals surface area contributed by atoms with Crippen molar-refractivity contribution in [1.82, 2.24) is 0 Å². The first-order valence-electron chi connectivity index (χ1n) is 7.50. The van der Waals surface area contributed by atoms with E-state index in [-0.39, 0.29) is 12.3 Å². The normalized spacial score (nSPS) is 10.5. The fourth-order valence-electron chi connectivity index (χ4n) is 2.08. The highest BCUT2D eigenvalue weighted by molar-refractivity contribution is 6.01. The van der Waals surface area contributed by atoms with Crippen LogP contribution in [0.15, 0.2) is 54.6 Å². The number of rotatable bonds is 7. The summed E-state index contributed by atoms with van der Waals surface area (Å²) in [5.41, 5.74) is 2.48. The average molecular weight is 325 g/mol. The second-order valence-corrected chi connectivity index (χ2v) is 5.19. The van der Waals surface area contributed by atoms with Crippen LogP contribution in [0.4, 0.5) is 5.69 Å². The van der Waals surface area contributed by atoms with Gasteiger partial charge in [-0.1, -0.05) is 24.3 Å². The molecule has 0 saturated heterocycles. The largest absolute Gasteiger partial charge is 0.497 e. The molecule has 5 nitrogen and oxygen atoms in total. The van der Waals surface area contributed by atoms with E-state index in [9.17, 15) is 9.59 Å². The molecule has 0 aliphatic heterocycles. The standard InChI is InChI=1S/C19H19NO4/c1-24-17-10-4-15(5-11-17)6-12-18(21)20-16-8-2-14(3-9-16)7-13-19(22)23/h2-6,8-12H,7,13H2,1H3,(H,20,21)(H,22,23)/b12-6+. The van der Waals surface area contributed by atoms with E-state index in [0.717, 1.165) is 16.9 Å². The molecular formula is C19H19NO4. The van der Waals surface area contributed by atoms with Crippen LogP contribution in [0.2, 0.25) is 0 Å². The summed E-state index contributed by atoms with van der Waals surface area (Å²) in [4.78, 5) is 22.4. The quantitative estimate of drug-likeness (QED) is 0.765. The summed E-state index contributed by atoms with van der Waals surface area (Å²) in [5.74, 6) is -0.292. The number of hydrogen-bond acceptors (Lipinski definition) is 3. The number of carbonyl (C=O) groups excluding carboxylic acids is 1. The lowest BCUT2D eigenvalue weighted by atomic mass is 10.1. The predicted molar refractivity (Wildman–Crippen MR) is 93.1 cm³/mol. The average Bonchev–Trinajstić information content (AvgIpc) is 2.60. The lowest BCUT2D eigenvalue weighted by Gasteiger charge is -2.04. The van der Waals surface area contributed by atoms with Crippen LogP contribution in [0.25, 0.3) is 6.08 Å². The number of amides is 1. The number of carboxylic acids is 1. The molecule has 0 fully saturated rings. The van der Waals surface area contributed by atoms with Crippen LogP contribution in [-0.4, -0.2) is 24.1 Å². The molecule has 1 amide bonds. The second-order valence-electron chi connectivity index (χ2n) is 5.19. The van der Waals surface area contributed by atoms with Crippen LogP contribution in [0.3, 0.4) is 0 Å². The van der Waals surface area contributed by atoms with Gasteiger partial charge in [-0.2, -0.15) is 0 Å². The van der Waals surface area contributed by atoms with Crippen molar-refractivity contribution in [1.29, 1.82) is 0 Å². The van der Waals surface area contributed by atoms with Crippen molar-refractivity contribution in [3.63, 3.8) is 0 Å². The van der Waals surface area contributed by atoms with Gasteiger partial charge in [0, 0.05) is 18.2 Å². The topological polar surface area (TPSA) is 75.6 Å². The number of hydrogen-bond donors (Lipinski definition) is 2. The number of anilines is 1. The molecule has 2 aromatic carbocycles. The highest BCUT2D eigenvalue weighted by Crippen LogP contribution is 2.13. The molecule has 0 heterocycles. The lowest BCUT2D eigenvalue weighted by molar-refractivity contribution is -0.137. The molecule has 0 unspecified atom stereocenters. The van der Waals surface area contributed by atoms with Crippen LogP contribution in [0.5, 0.6) is 5.75 Å². The van der Waals surface area contributed by atoms with E-state index in [2.05, 4.69) is 5.32 Å². The van der Waals surface area contributed by atoms with Crippen LogP contribution in [0, 0.1) is 0 Å². The number of aryl methyl sites for hydroxylation is 1. The molecule has 0 aromatic heterocycles. The monoisotopic (exact) mass is 325 g/mol. The fraction of sp³-hybridized carbons (Fsp3) is 0.158. The SMILES string of the molecule is COc1ccc(/C=C/C(=O)Nc2ccc(CCC(=O)O)cc2)cc1. The number of nitrogens with one attached hydrogen (secondary N) is 1. The molecule has 24 heavy (non-hydrogen) atoms. The first-order valence-corrected chi connectivity index (χ1v) is 7.50. The van der Waals surface area contributed by atoms with E-state index < -0.39 is 5.97 Å². The zero-order chi connectivity index (χ0) is 17.4. The fourth-order valence-corrected chi connectivity index (χ4v) is 2.08. The van der Waals surface area contributed by atoms with Gasteiger partial charge >= 0.3 is 5.97 Å². The van der Waals surface area contributed by atoms with Gasteiger partial charge in [0.05, 0.1) is 7.11 Å².